The van der Waals surface area contributed by atoms with Crippen LogP contribution in [0.1, 0.15) is 55.7 Å². The van der Waals surface area contributed by atoms with Gasteiger partial charge in [-0.15, -0.1) is 0 Å². The van der Waals surface area contributed by atoms with Gasteiger partial charge in [0.2, 0.25) is 5.78 Å². The molecule has 0 atom stereocenters. The zero-order chi connectivity index (χ0) is 14.5. The molecule has 2 heterocycles. The average Bonchev–Trinajstić information content (AvgIpc) is 2.95. The molecule has 0 saturated carbocycles. The van der Waals surface area contributed by atoms with Gasteiger partial charge in [-0.25, -0.2) is 9.78 Å². The standard InChI is InChI=1S/C15H23N3O2/c1-4-6-7-8-9-12-10-18-11-13(14(19)20-5-2)17(3)15(18)16-12/h10-11H,4-9H2,1-3H3. The number of ether oxygens (including phenoxy) is 1. The number of aryl methyl sites for hydroxylation is 2. The first-order valence-electron chi connectivity index (χ1n) is 7.37. The topological polar surface area (TPSA) is 48.5 Å². The van der Waals surface area contributed by atoms with Crippen LogP contribution in [0.25, 0.3) is 5.78 Å². The number of esters is 1. The summed E-state index contributed by atoms with van der Waals surface area (Å²) in [5, 5.41) is 0. The van der Waals surface area contributed by atoms with Crippen molar-refractivity contribution in [1.29, 1.82) is 0 Å². The van der Waals surface area contributed by atoms with Crippen LogP contribution in [0, 0.1) is 0 Å². The van der Waals surface area contributed by atoms with Gasteiger partial charge < -0.3 is 9.30 Å². The minimum absolute atomic E-state index is 0.301. The molecule has 0 aliphatic heterocycles. The Morgan fingerprint density at radius 3 is 2.70 bits per heavy atom. The monoisotopic (exact) mass is 277 g/mol. The highest BCUT2D eigenvalue weighted by Gasteiger charge is 2.16. The SMILES string of the molecule is CCCCCCc1cn2cc(C(=O)OCC)n(C)c2n1. The highest BCUT2D eigenvalue weighted by Crippen LogP contribution is 2.13. The van der Waals surface area contributed by atoms with E-state index in [4.69, 9.17) is 4.74 Å². The van der Waals surface area contributed by atoms with E-state index in [-0.39, 0.29) is 5.97 Å². The molecule has 0 N–H and O–H groups in total. The van der Waals surface area contributed by atoms with Crippen molar-refractivity contribution < 1.29 is 9.53 Å². The van der Waals surface area contributed by atoms with Gasteiger partial charge in [0, 0.05) is 19.4 Å². The van der Waals surface area contributed by atoms with Crippen LogP contribution in [-0.4, -0.2) is 26.5 Å². The van der Waals surface area contributed by atoms with Crippen LogP contribution in [0.3, 0.4) is 0 Å². The molecule has 0 unspecified atom stereocenters. The molecule has 5 heteroatoms. The van der Waals surface area contributed by atoms with Crippen molar-refractivity contribution in [3.63, 3.8) is 0 Å². The summed E-state index contributed by atoms with van der Waals surface area (Å²) in [6.07, 6.45) is 9.73. The largest absolute Gasteiger partial charge is 0.461 e. The molecule has 0 aliphatic rings. The first-order valence-corrected chi connectivity index (χ1v) is 7.37. The van der Waals surface area contributed by atoms with Crippen LogP contribution in [0.5, 0.6) is 0 Å². The second-order valence-electron chi connectivity index (χ2n) is 5.04. The van der Waals surface area contributed by atoms with Crippen molar-refractivity contribution in [2.45, 2.75) is 46.0 Å². The molecule has 0 aliphatic carbocycles. The second kappa shape index (κ2) is 6.59. The van der Waals surface area contributed by atoms with Crippen LogP contribution >= 0.6 is 0 Å². The minimum Gasteiger partial charge on any atom is -0.461 e. The number of carbonyl (C=O) groups is 1. The van der Waals surface area contributed by atoms with Gasteiger partial charge in [-0.3, -0.25) is 4.40 Å². The van der Waals surface area contributed by atoms with E-state index >= 15 is 0 Å². The third-order valence-corrected chi connectivity index (χ3v) is 3.46. The van der Waals surface area contributed by atoms with E-state index in [0.717, 1.165) is 17.9 Å². The van der Waals surface area contributed by atoms with Crippen molar-refractivity contribution in [3.8, 4) is 0 Å². The molecule has 0 radical (unpaired) electrons. The number of aromatic nitrogens is 3. The molecule has 2 aromatic rings. The number of imidazole rings is 2. The average molecular weight is 277 g/mol. The van der Waals surface area contributed by atoms with Crippen molar-refractivity contribution in [3.05, 3.63) is 23.8 Å². The molecule has 0 fully saturated rings. The van der Waals surface area contributed by atoms with Gasteiger partial charge in [0.25, 0.3) is 0 Å². The van der Waals surface area contributed by atoms with Gasteiger partial charge in [0.15, 0.2) is 0 Å². The predicted octanol–water partition coefficient (Wildman–Crippen LogP) is 2.97. The first-order chi connectivity index (χ1) is 9.67. The molecule has 2 aromatic heterocycles. The maximum atomic E-state index is 11.8. The quantitative estimate of drug-likeness (QED) is 0.577. The molecular weight excluding hydrogens is 254 g/mol. The summed E-state index contributed by atoms with van der Waals surface area (Å²) in [5.41, 5.74) is 1.62. The highest BCUT2D eigenvalue weighted by molar-refractivity contribution is 5.88. The lowest BCUT2D eigenvalue weighted by Gasteiger charge is -2.01. The Kier molecular flexibility index (Phi) is 4.82. The minimum atomic E-state index is -0.301. The van der Waals surface area contributed by atoms with E-state index < -0.39 is 0 Å². The Balaban J connectivity index is 2.10. The van der Waals surface area contributed by atoms with Gasteiger partial charge in [0.05, 0.1) is 12.3 Å². The summed E-state index contributed by atoms with van der Waals surface area (Å²) >= 11 is 0. The third kappa shape index (κ3) is 3.03. The van der Waals surface area contributed by atoms with Crippen LogP contribution in [-0.2, 0) is 18.2 Å². The molecule has 20 heavy (non-hydrogen) atoms. The second-order valence-corrected chi connectivity index (χ2v) is 5.04. The van der Waals surface area contributed by atoms with E-state index in [0.29, 0.717) is 12.3 Å². The highest BCUT2D eigenvalue weighted by atomic mass is 16.5. The van der Waals surface area contributed by atoms with Gasteiger partial charge in [-0.1, -0.05) is 26.2 Å². The summed E-state index contributed by atoms with van der Waals surface area (Å²) in [7, 11) is 1.84. The predicted molar refractivity (Wildman–Crippen MR) is 78.0 cm³/mol. The lowest BCUT2D eigenvalue weighted by atomic mass is 10.1. The number of carbonyl (C=O) groups excluding carboxylic acids is 1. The van der Waals surface area contributed by atoms with Crippen LogP contribution in [0.15, 0.2) is 12.4 Å². The Morgan fingerprint density at radius 2 is 2.05 bits per heavy atom. The number of rotatable bonds is 7. The molecule has 0 bridgehead atoms. The zero-order valence-electron chi connectivity index (χ0n) is 12.6. The number of hydrogen-bond acceptors (Lipinski definition) is 3. The maximum absolute atomic E-state index is 11.8. The Bertz CT molecular complexity index is 583. The number of nitrogens with zero attached hydrogens (tertiary/aromatic N) is 3. The van der Waals surface area contributed by atoms with E-state index in [2.05, 4.69) is 11.9 Å². The lowest BCUT2D eigenvalue weighted by Crippen LogP contribution is -2.09. The molecule has 110 valence electrons. The van der Waals surface area contributed by atoms with Gasteiger partial charge in [-0.2, -0.15) is 0 Å². The Hall–Kier alpha value is -1.78. The van der Waals surface area contributed by atoms with E-state index in [9.17, 15) is 4.79 Å². The summed E-state index contributed by atoms with van der Waals surface area (Å²) < 4.78 is 8.72. The zero-order valence-corrected chi connectivity index (χ0v) is 12.6. The van der Waals surface area contributed by atoms with E-state index in [1.807, 2.05) is 17.6 Å². The van der Waals surface area contributed by atoms with E-state index in [1.165, 1.54) is 25.7 Å². The molecule has 0 spiro atoms. The molecule has 5 nitrogen and oxygen atoms in total. The molecule has 0 amide bonds. The third-order valence-electron chi connectivity index (χ3n) is 3.46. The molecule has 0 saturated heterocycles. The van der Waals surface area contributed by atoms with Crippen molar-refractivity contribution in [2.24, 2.45) is 7.05 Å². The maximum Gasteiger partial charge on any atom is 0.356 e. The van der Waals surface area contributed by atoms with Crippen molar-refractivity contribution >= 4 is 11.7 Å². The van der Waals surface area contributed by atoms with Gasteiger partial charge in [-0.05, 0) is 19.8 Å². The van der Waals surface area contributed by atoms with Gasteiger partial charge in [0.1, 0.15) is 5.69 Å². The molecular formula is C15H23N3O2. The summed E-state index contributed by atoms with van der Waals surface area (Å²) in [6, 6.07) is 0. The van der Waals surface area contributed by atoms with Crippen LogP contribution in [0.4, 0.5) is 0 Å². The number of unbranched alkanes of at least 4 members (excludes halogenated alkanes) is 3. The van der Waals surface area contributed by atoms with Gasteiger partial charge >= 0.3 is 5.97 Å². The molecule has 2 rings (SSSR count). The lowest BCUT2D eigenvalue weighted by molar-refractivity contribution is 0.0515. The fourth-order valence-electron chi connectivity index (χ4n) is 2.35. The van der Waals surface area contributed by atoms with Crippen molar-refractivity contribution in [2.75, 3.05) is 6.61 Å². The number of hydrogen-bond donors (Lipinski definition) is 0. The summed E-state index contributed by atoms with van der Waals surface area (Å²) in [6.45, 7) is 4.40. The molecule has 0 aromatic carbocycles. The Morgan fingerprint density at radius 1 is 1.25 bits per heavy atom. The smallest absolute Gasteiger partial charge is 0.356 e. The van der Waals surface area contributed by atoms with Crippen LogP contribution in [0.2, 0.25) is 0 Å². The fourth-order valence-corrected chi connectivity index (χ4v) is 2.35. The van der Waals surface area contributed by atoms with Crippen LogP contribution < -0.4 is 0 Å². The fraction of sp³-hybridized carbons (Fsp3) is 0.600. The van der Waals surface area contributed by atoms with Crippen molar-refractivity contribution in [1.82, 2.24) is 14.0 Å². The number of fused-ring (bicyclic) bond motifs is 1. The first kappa shape index (κ1) is 14.6. The Labute approximate surface area is 119 Å². The normalized spacial score (nSPS) is 11.2. The summed E-state index contributed by atoms with van der Waals surface area (Å²) in [5.74, 6) is 0.489. The van der Waals surface area contributed by atoms with E-state index in [1.54, 1.807) is 17.7 Å². The summed E-state index contributed by atoms with van der Waals surface area (Å²) in [4.78, 5) is 16.4.